The Kier molecular flexibility index (Phi) is 16.7. The summed E-state index contributed by atoms with van der Waals surface area (Å²) in [5, 5.41) is 45.0. The summed E-state index contributed by atoms with van der Waals surface area (Å²) in [6.45, 7) is 4.44. The lowest BCUT2D eigenvalue weighted by atomic mass is 9.97. The Labute approximate surface area is 258 Å². The number of amides is 3. The van der Waals surface area contributed by atoms with Crippen LogP contribution in [0.25, 0.3) is 0 Å². The number of hydrogen-bond donors (Lipinski definition) is 7. The van der Waals surface area contributed by atoms with Gasteiger partial charge in [0.05, 0.1) is 31.5 Å². The highest BCUT2D eigenvalue weighted by molar-refractivity contribution is 7.47. The van der Waals surface area contributed by atoms with Gasteiger partial charge in [-0.25, -0.2) is 4.57 Å². The van der Waals surface area contributed by atoms with Crippen LogP contribution < -0.4 is 10.6 Å². The van der Waals surface area contributed by atoms with Crippen molar-refractivity contribution >= 4 is 25.5 Å². The van der Waals surface area contributed by atoms with Crippen molar-refractivity contribution in [2.75, 3.05) is 32.9 Å². The first-order valence-corrected chi connectivity index (χ1v) is 16.6. The lowest BCUT2D eigenvalue weighted by Gasteiger charge is -2.42. The average molecular weight is 656 g/mol. The van der Waals surface area contributed by atoms with Gasteiger partial charge in [-0.1, -0.05) is 6.42 Å². The molecule has 2 aliphatic heterocycles. The Morgan fingerprint density at radius 1 is 1.05 bits per heavy atom. The third kappa shape index (κ3) is 13.3. The highest BCUT2D eigenvalue weighted by Crippen LogP contribution is 2.45. The molecule has 0 spiro atoms. The van der Waals surface area contributed by atoms with Gasteiger partial charge in [0.25, 0.3) is 0 Å². The van der Waals surface area contributed by atoms with E-state index >= 15 is 0 Å². The van der Waals surface area contributed by atoms with Crippen LogP contribution in [0.4, 0.5) is 0 Å². The fourth-order valence-electron chi connectivity index (χ4n) is 5.07. The number of nitrogens with one attached hydrogen (secondary N) is 2. The van der Waals surface area contributed by atoms with Crippen LogP contribution in [-0.2, 0) is 37.5 Å². The number of nitrogens with zero attached hydrogens (tertiary/aromatic N) is 1. The van der Waals surface area contributed by atoms with Crippen molar-refractivity contribution < 1.29 is 62.8 Å². The summed E-state index contributed by atoms with van der Waals surface area (Å²) in [6, 6.07) is -1.54. The Bertz CT molecular complexity index is 958. The van der Waals surface area contributed by atoms with Crippen LogP contribution >= 0.6 is 7.82 Å². The summed E-state index contributed by atoms with van der Waals surface area (Å²) in [5.74, 6) is -0.764. The molecule has 7 N–H and O–H groups in total. The van der Waals surface area contributed by atoms with Crippen LogP contribution in [0.15, 0.2) is 0 Å². The molecule has 0 bridgehead atoms. The standard InChI is InChI=1S/C27H50N3O13P/c1-17(2)43-44(38,39)41-16-19-13-20(33)14-30(19)23(35)10-5-4-7-11-28-22(34)9-6-8-12-40-27-24(29-18(3)32)26(37)25(36)21(15-31)42-27/h17,19-21,24-27,31,33,36-37H,4-16H2,1-3H3,(H,28,34)(H,29,32)(H,38,39)/t19-,20+,21?,24?,25?,26?,27?/m0/s1. The van der Waals surface area contributed by atoms with Crippen LogP contribution in [0.5, 0.6) is 0 Å². The molecule has 44 heavy (non-hydrogen) atoms. The second-order valence-electron chi connectivity index (χ2n) is 11.4. The average Bonchev–Trinajstić information content (AvgIpc) is 3.32. The van der Waals surface area contributed by atoms with Crippen molar-refractivity contribution in [3.8, 4) is 0 Å². The molecular formula is C27H50N3O13P. The molecule has 256 valence electrons. The van der Waals surface area contributed by atoms with Gasteiger partial charge < -0.3 is 50.3 Å². The number of β-amino-alcohol motifs (C(OH)–C–C–N with tert-alkyl or cyclic N) is 1. The van der Waals surface area contributed by atoms with Crippen molar-refractivity contribution in [1.29, 1.82) is 0 Å². The largest absolute Gasteiger partial charge is 0.472 e. The second-order valence-corrected chi connectivity index (χ2v) is 12.8. The number of aliphatic hydroxyl groups excluding tert-OH is 4. The number of carbonyl (C=O) groups is 3. The smallest absolute Gasteiger partial charge is 0.394 e. The van der Waals surface area contributed by atoms with Gasteiger partial charge in [0.2, 0.25) is 17.7 Å². The van der Waals surface area contributed by atoms with E-state index < -0.39 is 69.2 Å². The highest BCUT2D eigenvalue weighted by atomic mass is 31.2. The lowest BCUT2D eigenvalue weighted by molar-refractivity contribution is -0.270. The second kappa shape index (κ2) is 19.1. The number of likely N-dealkylation sites (tertiary alicyclic amines) is 1. The maximum absolute atomic E-state index is 12.7. The SMILES string of the molecule is CC(=O)NC1C(OCCCCC(=O)NCCCCCC(=O)N2C[C@H](O)C[C@H]2COP(=O)(O)OC(C)C)OC(CO)C(O)C1O. The minimum absolute atomic E-state index is 0.131. The maximum Gasteiger partial charge on any atom is 0.472 e. The van der Waals surface area contributed by atoms with Crippen molar-refractivity contribution in [3.63, 3.8) is 0 Å². The third-order valence-electron chi connectivity index (χ3n) is 7.21. The van der Waals surface area contributed by atoms with Gasteiger partial charge in [-0.2, -0.15) is 0 Å². The molecule has 0 aromatic heterocycles. The first-order valence-electron chi connectivity index (χ1n) is 15.1. The van der Waals surface area contributed by atoms with E-state index in [2.05, 4.69) is 10.6 Å². The van der Waals surface area contributed by atoms with E-state index in [1.54, 1.807) is 13.8 Å². The number of hydrogen-bond acceptors (Lipinski definition) is 12. The van der Waals surface area contributed by atoms with Crippen LogP contribution in [0.2, 0.25) is 0 Å². The highest BCUT2D eigenvalue weighted by Gasteiger charge is 2.45. The van der Waals surface area contributed by atoms with E-state index in [9.17, 15) is 44.3 Å². The number of unbranched alkanes of at least 4 members (excludes halogenated alkanes) is 3. The number of rotatable bonds is 19. The normalized spacial score (nSPS) is 28.6. The topological polar surface area (TPSA) is 234 Å². The predicted molar refractivity (Wildman–Crippen MR) is 155 cm³/mol. The number of phosphoric acid groups is 1. The van der Waals surface area contributed by atoms with E-state index in [1.165, 1.54) is 11.8 Å². The van der Waals surface area contributed by atoms with Gasteiger partial charge in [-0.15, -0.1) is 0 Å². The fraction of sp³-hybridized carbons (Fsp3) is 0.889. The van der Waals surface area contributed by atoms with E-state index in [4.69, 9.17) is 18.5 Å². The molecule has 0 aromatic carbocycles. The molecule has 6 unspecified atom stereocenters. The summed E-state index contributed by atoms with van der Waals surface area (Å²) in [5.41, 5.74) is 0. The van der Waals surface area contributed by atoms with Gasteiger partial charge in [0, 0.05) is 39.5 Å². The minimum Gasteiger partial charge on any atom is -0.394 e. The van der Waals surface area contributed by atoms with Crippen molar-refractivity contribution in [2.24, 2.45) is 0 Å². The summed E-state index contributed by atoms with van der Waals surface area (Å²) < 4.78 is 33.0. The van der Waals surface area contributed by atoms with Crippen molar-refractivity contribution in [1.82, 2.24) is 15.5 Å². The summed E-state index contributed by atoms with van der Waals surface area (Å²) in [4.78, 5) is 47.6. The lowest BCUT2D eigenvalue weighted by Crippen LogP contribution is -2.64. The number of carbonyl (C=O) groups excluding carboxylic acids is 3. The molecule has 2 rings (SSSR count). The van der Waals surface area contributed by atoms with Crippen LogP contribution in [0.1, 0.15) is 72.1 Å². The Morgan fingerprint density at radius 2 is 1.75 bits per heavy atom. The maximum atomic E-state index is 12.7. The van der Waals surface area contributed by atoms with Crippen molar-refractivity contribution in [2.45, 2.75) is 121 Å². The first-order chi connectivity index (χ1) is 20.7. The molecule has 8 atom stereocenters. The molecular weight excluding hydrogens is 605 g/mol. The Morgan fingerprint density at radius 3 is 2.41 bits per heavy atom. The molecule has 2 fully saturated rings. The van der Waals surface area contributed by atoms with Crippen LogP contribution in [-0.4, -0.2) is 130 Å². The van der Waals surface area contributed by atoms with Gasteiger partial charge >= 0.3 is 7.82 Å². The first kappa shape index (κ1) is 38.5. The zero-order valence-corrected chi connectivity index (χ0v) is 26.6. The molecule has 2 aliphatic rings. The molecule has 0 aliphatic carbocycles. The Hall–Kier alpha value is -1.72. The van der Waals surface area contributed by atoms with Crippen LogP contribution in [0, 0.1) is 0 Å². The molecule has 16 nitrogen and oxygen atoms in total. The third-order valence-corrected chi connectivity index (χ3v) is 8.37. The zero-order valence-electron chi connectivity index (χ0n) is 25.7. The predicted octanol–water partition coefficient (Wildman–Crippen LogP) is -0.703. The minimum atomic E-state index is -4.25. The van der Waals surface area contributed by atoms with Gasteiger partial charge in [0.1, 0.15) is 24.4 Å². The molecule has 0 saturated carbocycles. The van der Waals surface area contributed by atoms with Gasteiger partial charge in [-0.05, 0) is 46.0 Å². The van der Waals surface area contributed by atoms with E-state index in [-0.39, 0.29) is 50.8 Å². The number of ether oxygens (including phenoxy) is 2. The molecule has 0 radical (unpaired) electrons. The van der Waals surface area contributed by atoms with E-state index in [0.717, 1.165) is 0 Å². The van der Waals surface area contributed by atoms with E-state index in [0.29, 0.717) is 38.6 Å². The molecule has 0 aromatic rings. The summed E-state index contributed by atoms with van der Waals surface area (Å²) in [7, 11) is -4.25. The summed E-state index contributed by atoms with van der Waals surface area (Å²) in [6.07, 6.45) is -2.49. The molecule has 3 amide bonds. The van der Waals surface area contributed by atoms with Gasteiger partial charge in [0.15, 0.2) is 6.29 Å². The van der Waals surface area contributed by atoms with Gasteiger partial charge in [-0.3, -0.25) is 23.4 Å². The molecule has 2 saturated heterocycles. The monoisotopic (exact) mass is 655 g/mol. The zero-order chi connectivity index (χ0) is 32.9. The van der Waals surface area contributed by atoms with Crippen molar-refractivity contribution in [3.05, 3.63) is 0 Å². The number of phosphoric ester groups is 1. The Balaban J connectivity index is 1.59. The molecule has 17 heteroatoms. The quantitative estimate of drug-likeness (QED) is 0.0675. The molecule has 2 heterocycles. The van der Waals surface area contributed by atoms with E-state index in [1.807, 2.05) is 0 Å². The summed E-state index contributed by atoms with van der Waals surface area (Å²) >= 11 is 0. The fourth-order valence-corrected chi connectivity index (χ4v) is 6.02. The van der Waals surface area contributed by atoms with Crippen LogP contribution in [0.3, 0.4) is 0 Å². The number of aliphatic hydroxyl groups is 4.